The van der Waals surface area contributed by atoms with Crippen LogP contribution in [-0.2, 0) is 48.3 Å². The van der Waals surface area contributed by atoms with Gasteiger partial charge in [-0.15, -0.1) is 0 Å². The summed E-state index contributed by atoms with van der Waals surface area (Å²) < 4.78 is 48.2. The number of amides is 4. The Morgan fingerprint density at radius 1 is 0.506 bits per heavy atom. The normalized spacial score (nSPS) is 23.1. The predicted molar refractivity (Wildman–Crippen MR) is 292 cm³/mol. The van der Waals surface area contributed by atoms with E-state index >= 15 is 0 Å². The zero-order valence-corrected chi connectivity index (χ0v) is 47.1. The maximum absolute atomic E-state index is 12.9. The van der Waals surface area contributed by atoms with Crippen LogP contribution in [0.15, 0.2) is 72.8 Å². The number of halogens is 3. The van der Waals surface area contributed by atoms with Crippen molar-refractivity contribution in [2.24, 2.45) is 17.2 Å². The van der Waals surface area contributed by atoms with Crippen molar-refractivity contribution >= 4 is 35.9 Å². The Balaban J connectivity index is 0.000000271. The van der Waals surface area contributed by atoms with Gasteiger partial charge < -0.3 is 58.2 Å². The average molecular weight is 1120 g/mol. The zero-order valence-electron chi connectivity index (χ0n) is 47.1. The fourth-order valence-corrected chi connectivity index (χ4v) is 8.86. The van der Waals surface area contributed by atoms with Crippen LogP contribution in [0.3, 0.4) is 0 Å². The summed E-state index contributed by atoms with van der Waals surface area (Å²) in [4.78, 5) is 76.4. The largest absolute Gasteiger partial charge is 0.480 e. The highest BCUT2D eigenvalue weighted by atomic mass is 19.1. The summed E-state index contributed by atoms with van der Waals surface area (Å²) in [5.74, 6) is -2.55. The molecule has 4 fully saturated rings. The molecule has 4 amide bonds. The Hall–Kier alpha value is -6.41. The number of alkyl carbamates (subject to hydrolysis) is 2. The number of nitrogens with one attached hydrogen (secondary N) is 4. The minimum absolute atomic E-state index is 0.0187. The Morgan fingerprint density at radius 3 is 1.09 bits per heavy atom. The molecule has 24 heteroatoms. The van der Waals surface area contributed by atoms with Gasteiger partial charge in [0.2, 0.25) is 11.8 Å². The molecule has 79 heavy (non-hydrogen) atoms. The molecule has 3 aromatic rings. The molecule has 0 bridgehead atoms. The molecule has 440 valence electrons. The third-order valence-electron chi connectivity index (χ3n) is 12.8. The van der Waals surface area contributed by atoms with E-state index in [-0.39, 0.29) is 71.6 Å². The fraction of sp³-hybridized carbons (Fsp3) is 0.564. The SMILES string of the molecule is CN1CC(N)CC1C(=O)NCc1ccc(F)cc1.CN1CC(N)CC1C(=O)O.CN1CC(NC(=O)OC(C)(C)C)CC1C(=O)NCc1ccc(F)cc1.CN1CC(NC(=O)OC(C)(C)C)CC1C(=O)O.NCc1ccc(F)cc1. The van der Waals surface area contributed by atoms with Crippen LogP contribution in [0.1, 0.15) is 83.9 Å². The summed E-state index contributed by atoms with van der Waals surface area (Å²) in [6.45, 7) is 14.5. The van der Waals surface area contributed by atoms with Crippen molar-refractivity contribution in [1.29, 1.82) is 0 Å². The first-order chi connectivity index (χ1) is 36.8. The minimum atomic E-state index is -0.860. The summed E-state index contributed by atoms with van der Waals surface area (Å²) in [6.07, 6.45) is 1.22. The maximum atomic E-state index is 12.9. The molecule has 4 aliphatic rings. The van der Waals surface area contributed by atoms with Crippen LogP contribution in [-0.4, -0.2) is 180 Å². The third-order valence-corrected chi connectivity index (χ3v) is 12.8. The molecule has 4 saturated heterocycles. The molecule has 4 aliphatic heterocycles. The van der Waals surface area contributed by atoms with Crippen LogP contribution >= 0.6 is 0 Å². The molecule has 12 N–H and O–H groups in total. The number of carbonyl (C=O) groups is 6. The van der Waals surface area contributed by atoms with E-state index < -0.39 is 41.4 Å². The first-order valence-corrected chi connectivity index (χ1v) is 26.1. The molecule has 4 heterocycles. The minimum Gasteiger partial charge on any atom is -0.480 e. The zero-order chi connectivity index (χ0) is 59.4. The molecule has 0 aliphatic carbocycles. The molecule has 7 rings (SSSR count). The van der Waals surface area contributed by atoms with Gasteiger partial charge in [-0.05, 0) is 149 Å². The number of rotatable bonds is 11. The van der Waals surface area contributed by atoms with E-state index in [9.17, 15) is 41.9 Å². The number of aliphatic carboxylic acids is 2. The van der Waals surface area contributed by atoms with Crippen LogP contribution in [0.25, 0.3) is 0 Å². The van der Waals surface area contributed by atoms with Crippen LogP contribution in [0, 0.1) is 17.5 Å². The molecular formula is C55H84F3N11O10. The summed E-state index contributed by atoms with van der Waals surface area (Å²) in [5, 5.41) is 28.7. The lowest BCUT2D eigenvalue weighted by molar-refractivity contribution is -0.142. The quantitative estimate of drug-likeness (QED) is 0.133. The third kappa shape index (κ3) is 25.1. The topological polar surface area (TPSA) is 300 Å². The first-order valence-electron chi connectivity index (χ1n) is 26.1. The highest BCUT2D eigenvalue weighted by molar-refractivity contribution is 5.83. The fourth-order valence-electron chi connectivity index (χ4n) is 8.86. The smallest absolute Gasteiger partial charge is 0.407 e. The second-order valence-electron chi connectivity index (χ2n) is 22.2. The summed E-state index contributed by atoms with van der Waals surface area (Å²) >= 11 is 0. The molecule has 8 atom stereocenters. The Morgan fingerprint density at radius 2 is 0.797 bits per heavy atom. The van der Waals surface area contributed by atoms with Gasteiger partial charge in [0.25, 0.3) is 0 Å². The Kier molecular flexibility index (Phi) is 26.6. The number of ether oxygens (including phenoxy) is 2. The van der Waals surface area contributed by atoms with Crippen molar-refractivity contribution in [2.45, 2.75) is 146 Å². The number of hydrogen-bond donors (Lipinski definition) is 9. The van der Waals surface area contributed by atoms with Gasteiger partial charge in [-0.2, -0.15) is 0 Å². The lowest BCUT2D eigenvalue weighted by atomic mass is 10.1. The van der Waals surface area contributed by atoms with E-state index in [0.29, 0.717) is 65.0 Å². The van der Waals surface area contributed by atoms with Crippen LogP contribution < -0.4 is 38.5 Å². The van der Waals surface area contributed by atoms with Gasteiger partial charge in [0.15, 0.2) is 0 Å². The van der Waals surface area contributed by atoms with Gasteiger partial charge in [-0.3, -0.25) is 38.8 Å². The Bertz CT molecular complexity index is 2410. The standard InChI is InChI=1S/C18H26FN3O3.C13H18FN3O.C11H20N2O4.C7H8FN.C6H12N2O2/c1-18(2,3)25-17(24)21-14-9-15(22(4)11-14)16(23)20-10-12-5-7-13(19)8-6-12;1-17-8-11(15)6-12(17)13(18)16-7-9-2-4-10(14)5-3-9;1-11(2,3)17-10(16)12-7-5-8(9(14)15)13(4)6-7;8-7-3-1-6(5-9)2-4-7;1-8-3-4(7)2-5(8)6(9)10/h5-8,14-15H,9-11H2,1-4H3,(H,20,23)(H,21,24);2-5,11-12H,6-8,15H2,1H3,(H,16,18);7-8H,5-6H2,1-4H3,(H,12,16)(H,14,15);1-4H,5,9H2;4-5H,2-3,7H2,1H3,(H,9,10). The van der Waals surface area contributed by atoms with E-state index in [1.165, 1.54) is 36.4 Å². The van der Waals surface area contributed by atoms with E-state index in [1.807, 2.05) is 23.9 Å². The van der Waals surface area contributed by atoms with Crippen molar-refractivity contribution in [3.8, 4) is 0 Å². The van der Waals surface area contributed by atoms with E-state index in [2.05, 4.69) is 21.3 Å². The maximum Gasteiger partial charge on any atom is 0.407 e. The molecule has 0 saturated carbocycles. The van der Waals surface area contributed by atoms with Gasteiger partial charge in [-0.25, -0.2) is 22.8 Å². The molecule has 0 aromatic heterocycles. The number of carboxylic acid groups (broad SMARTS) is 2. The second kappa shape index (κ2) is 31.4. The summed E-state index contributed by atoms with van der Waals surface area (Å²) in [5.41, 5.74) is 18.2. The predicted octanol–water partition coefficient (Wildman–Crippen LogP) is 3.57. The van der Waals surface area contributed by atoms with E-state index in [0.717, 1.165) is 23.2 Å². The van der Waals surface area contributed by atoms with Crippen LogP contribution in [0.2, 0.25) is 0 Å². The van der Waals surface area contributed by atoms with Gasteiger partial charge in [0, 0.05) is 70.0 Å². The monoisotopic (exact) mass is 1120 g/mol. The van der Waals surface area contributed by atoms with Gasteiger partial charge in [0.05, 0.1) is 12.1 Å². The molecular weight excluding hydrogens is 1030 g/mol. The lowest BCUT2D eigenvalue weighted by Gasteiger charge is -2.21. The number of nitrogens with zero attached hydrogens (tertiary/aromatic N) is 4. The van der Waals surface area contributed by atoms with E-state index in [4.69, 9.17) is 36.9 Å². The number of carboxylic acids is 2. The summed E-state index contributed by atoms with van der Waals surface area (Å²) in [6, 6.07) is 16.7. The average Bonchev–Trinajstić information content (AvgIpc) is 4.12. The molecule has 3 aromatic carbocycles. The van der Waals surface area contributed by atoms with Crippen molar-refractivity contribution < 1.29 is 61.6 Å². The van der Waals surface area contributed by atoms with Crippen molar-refractivity contribution in [3.63, 3.8) is 0 Å². The van der Waals surface area contributed by atoms with Crippen molar-refractivity contribution in [1.82, 2.24) is 40.9 Å². The number of hydrogen-bond acceptors (Lipinski definition) is 15. The highest BCUT2D eigenvalue weighted by Gasteiger charge is 2.38. The van der Waals surface area contributed by atoms with Gasteiger partial charge in [-0.1, -0.05) is 36.4 Å². The molecule has 21 nitrogen and oxygen atoms in total. The second-order valence-corrected chi connectivity index (χ2v) is 22.2. The summed E-state index contributed by atoms with van der Waals surface area (Å²) in [7, 11) is 7.26. The van der Waals surface area contributed by atoms with E-state index in [1.54, 1.807) is 102 Å². The van der Waals surface area contributed by atoms with Crippen molar-refractivity contribution in [3.05, 3.63) is 107 Å². The molecule has 8 unspecified atom stereocenters. The lowest BCUT2D eigenvalue weighted by Crippen LogP contribution is -2.41. The van der Waals surface area contributed by atoms with Crippen LogP contribution in [0.5, 0.6) is 0 Å². The van der Waals surface area contributed by atoms with Crippen LogP contribution in [0.4, 0.5) is 22.8 Å². The molecule has 0 spiro atoms. The number of likely N-dealkylation sites (tertiary alicyclic amines) is 4. The number of carbonyl (C=O) groups excluding carboxylic acids is 4. The Labute approximate surface area is 462 Å². The van der Waals surface area contributed by atoms with Gasteiger partial charge in [0.1, 0.15) is 40.7 Å². The first kappa shape index (κ1) is 66.9. The van der Waals surface area contributed by atoms with Gasteiger partial charge >= 0.3 is 24.1 Å². The number of benzene rings is 3. The van der Waals surface area contributed by atoms with Crippen molar-refractivity contribution in [2.75, 3.05) is 54.4 Å². The number of likely N-dealkylation sites (N-methyl/N-ethyl adjacent to an activating group) is 4. The molecule has 0 radical (unpaired) electrons. The highest BCUT2D eigenvalue weighted by Crippen LogP contribution is 2.20. The number of nitrogens with two attached hydrogens (primary N) is 3.